The van der Waals surface area contributed by atoms with E-state index in [4.69, 9.17) is 0 Å². The Morgan fingerprint density at radius 1 is 1.25 bits per heavy atom. The third-order valence-electron chi connectivity index (χ3n) is 3.10. The maximum Gasteiger partial charge on any atom is 0.255 e. The Morgan fingerprint density at radius 2 is 2.10 bits per heavy atom. The predicted octanol–water partition coefficient (Wildman–Crippen LogP) is 2.83. The SMILES string of the molecule is Cc1ccc(O)c(NC(=O)c2ccc3[nH]ncc3c2)c1. The van der Waals surface area contributed by atoms with E-state index in [9.17, 15) is 9.90 Å². The van der Waals surface area contributed by atoms with Crippen molar-refractivity contribution in [3.63, 3.8) is 0 Å². The number of nitrogens with one attached hydrogen (secondary N) is 2. The molecule has 0 aliphatic heterocycles. The Hall–Kier alpha value is -2.82. The zero-order chi connectivity index (χ0) is 14.1. The van der Waals surface area contributed by atoms with Gasteiger partial charge < -0.3 is 10.4 Å². The fourth-order valence-electron chi connectivity index (χ4n) is 2.03. The number of aryl methyl sites for hydroxylation is 1. The van der Waals surface area contributed by atoms with E-state index in [2.05, 4.69) is 15.5 Å². The van der Waals surface area contributed by atoms with E-state index in [0.717, 1.165) is 16.5 Å². The van der Waals surface area contributed by atoms with Gasteiger partial charge in [0.25, 0.3) is 5.91 Å². The largest absolute Gasteiger partial charge is 0.506 e. The number of aromatic hydroxyl groups is 1. The van der Waals surface area contributed by atoms with Gasteiger partial charge in [0, 0.05) is 10.9 Å². The summed E-state index contributed by atoms with van der Waals surface area (Å²) in [5.74, 6) is -0.220. The fraction of sp³-hybridized carbons (Fsp3) is 0.0667. The summed E-state index contributed by atoms with van der Waals surface area (Å²) < 4.78 is 0. The average Bonchev–Trinajstić information content (AvgIpc) is 2.90. The topological polar surface area (TPSA) is 78.0 Å². The van der Waals surface area contributed by atoms with E-state index < -0.39 is 0 Å². The first kappa shape index (κ1) is 12.2. The molecule has 2 aromatic carbocycles. The molecule has 0 atom stereocenters. The summed E-state index contributed by atoms with van der Waals surface area (Å²) in [4.78, 5) is 12.2. The first-order chi connectivity index (χ1) is 9.63. The van der Waals surface area contributed by atoms with Gasteiger partial charge in [0.05, 0.1) is 17.4 Å². The number of benzene rings is 2. The number of phenolic OH excluding ortho intramolecular Hbond substituents is 1. The van der Waals surface area contributed by atoms with Crippen molar-refractivity contribution in [2.45, 2.75) is 6.92 Å². The molecular weight excluding hydrogens is 254 g/mol. The molecule has 0 saturated heterocycles. The number of rotatable bonds is 2. The highest BCUT2D eigenvalue weighted by molar-refractivity contribution is 6.06. The van der Waals surface area contributed by atoms with E-state index in [1.165, 1.54) is 0 Å². The number of H-pyrrole nitrogens is 1. The summed E-state index contributed by atoms with van der Waals surface area (Å²) in [6.07, 6.45) is 1.66. The first-order valence-electron chi connectivity index (χ1n) is 6.17. The van der Waals surface area contributed by atoms with Gasteiger partial charge in [-0.05, 0) is 42.8 Å². The number of hydrogen-bond acceptors (Lipinski definition) is 3. The zero-order valence-electron chi connectivity index (χ0n) is 10.8. The highest BCUT2D eigenvalue weighted by atomic mass is 16.3. The molecule has 5 nitrogen and oxygen atoms in total. The van der Waals surface area contributed by atoms with Gasteiger partial charge in [0.1, 0.15) is 5.75 Å². The van der Waals surface area contributed by atoms with Crippen molar-refractivity contribution in [3.05, 3.63) is 53.7 Å². The van der Waals surface area contributed by atoms with E-state index >= 15 is 0 Å². The van der Waals surface area contributed by atoms with Crippen molar-refractivity contribution in [1.29, 1.82) is 0 Å². The number of hydrogen-bond donors (Lipinski definition) is 3. The average molecular weight is 267 g/mol. The van der Waals surface area contributed by atoms with Crippen molar-refractivity contribution in [1.82, 2.24) is 10.2 Å². The van der Waals surface area contributed by atoms with Crippen LogP contribution in [0.15, 0.2) is 42.6 Å². The number of carbonyl (C=O) groups is 1. The molecule has 0 fully saturated rings. The van der Waals surface area contributed by atoms with Gasteiger partial charge in [0.15, 0.2) is 0 Å². The van der Waals surface area contributed by atoms with Crippen LogP contribution in [0.4, 0.5) is 5.69 Å². The molecule has 100 valence electrons. The second-order valence-corrected chi connectivity index (χ2v) is 4.65. The van der Waals surface area contributed by atoms with E-state index in [-0.39, 0.29) is 11.7 Å². The van der Waals surface area contributed by atoms with Crippen LogP contribution in [0, 0.1) is 6.92 Å². The molecule has 20 heavy (non-hydrogen) atoms. The van der Waals surface area contributed by atoms with Crippen molar-refractivity contribution in [2.24, 2.45) is 0 Å². The van der Waals surface area contributed by atoms with Crippen LogP contribution in [0.3, 0.4) is 0 Å². The van der Waals surface area contributed by atoms with Crippen LogP contribution in [-0.2, 0) is 0 Å². The summed E-state index contributed by atoms with van der Waals surface area (Å²) >= 11 is 0. The summed E-state index contributed by atoms with van der Waals surface area (Å²) in [6, 6.07) is 10.3. The van der Waals surface area contributed by atoms with Crippen LogP contribution in [0.2, 0.25) is 0 Å². The van der Waals surface area contributed by atoms with Gasteiger partial charge in [-0.2, -0.15) is 5.10 Å². The van der Waals surface area contributed by atoms with E-state index in [1.54, 1.807) is 42.6 Å². The first-order valence-corrected chi connectivity index (χ1v) is 6.17. The number of aromatic nitrogens is 2. The molecule has 0 spiro atoms. The molecule has 0 saturated carbocycles. The van der Waals surface area contributed by atoms with Gasteiger partial charge in [-0.3, -0.25) is 9.89 Å². The van der Waals surface area contributed by atoms with E-state index in [0.29, 0.717) is 11.3 Å². The standard InChI is InChI=1S/C15H13N3O2/c1-9-2-5-14(19)13(6-9)17-15(20)10-3-4-12-11(7-10)8-16-18-12/h2-8,19H,1H3,(H,16,18)(H,17,20). The van der Waals surface area contributed by atoms with Gasteiger partial charge in [-0.25, -0.2) is 0 Å². The second-order valence-electron chi connectivity index (χ2n) is 4.65. The summed E-state index contributed by atoms with van der Waals surface area (Å²) in [5, 5.41) is 20.1. The smallest absolute Gasteiger partial charge is 0.255 e. The Bertz CT molecular complexity index is 793. The zero-order valence-corrected chi connectivity index (χ0v) is 10.8. The number of fused-ring (bicyclic) bond motifs is 1. The molecule has 5 heteroatoms. The van der Waals surface area contributed by atoms with Crippen molar-refractivity contribution in [2.75, 3.05) is 5.32 Å². The van der Waals surface area contributed by atoms with Crippen LogP contribution in [0.25, 0.3) is 10.9 Å². The third kappa shape index (κ3) is 2.21. The minimum atomic E-state index is -0.269. The quantitative estimate of drug-likeness (QED) is 0.625. The number of anilines is 1. The molecule has 1 heterocycles. The van der Waals surface area contributed by atoms with Crippen LogP contribution < -0.4 is 5.32 Å². The minimum absolute atomic E-state index is 0.0494. The van der Waals surface area contributed by atoms with Gasteiger partial charge in [-0.15, -0.1) is 0 Å². The molecule has 0 unspecified atom stereocenters. The highest BCUT2D eigenvalue weighted by Gasteiger charge is 2.10. The van der Waals surface area contributed by atoms with Crippen LogP contribution >= 0.6 is 0 Å². The van der Waals surface area contributed by atoms with Crippen LogP contribution in [0.5, 0.6) is 5.75 Å². The number of nitrogens with zero attached hydrogens (tertiary/aromatic N) is 1. The normalized spacial score (nSPS) is 10.7. The fourth-order valence-corrected chi connectivity index (χ4v) is 2.03. The number of aromatic amines is 1. The Balaban J connectivity index is 1.90. The molecule has 3 aromatic rings. The lowest BCUT2D eigenvalue weighted by Crippen LogP contribution is -2.11. The molecular formula is C15H13N3O2. The highest BCUT2D eigenvalue weighted by Crippen LogP contribution is 2.24. The second kappa shape index (κ2) is 4.70. The molecule has 0 aliphatic carbocycles. The summed E-state index contributed by atoms with van der Waals surface area (Å²) in [5.41, 5.74) is 2.76. The monoisotopic (exact) mass is 267 g/mol. The molecule has 0 bridgehead atoms. The molecule has 3 N–H and O–H groups in total. The van der Waals surface area contributed by atoms with Crippen LogP contribution in [0.1, 0.15) is 15.9 Å². The van der Waals surface area contributed by atoms with Crippen molar-refractivity contribution < 1.29 is 9.90 Å². The molecule has 1 amide bonds. The van der Waals surface area contributed by atoms with Crippen molar-refractivity contribution in [3.8, 4) is 5.75 Å². The summed E-state index contributed by atoms with van der Waals surface area (Å²) in [6.45, 7) is 1.90. The Labute approximate surface area is 115 Å². The number of phenols is 1. The van der Waals surface area contributed by atoms with E-state index in [1.807, 2.05) is 6.92 Å². The van der Waals surface area contributed by atoms with Crippen molar-refractivity contribution >= 4 is 22.5 Å². The summed E-state index contributed by atoms with van der Waals surface area (Å²) in [7, 11) is 0. The lowest BCUT2D eigenvalue weighted by Gasteiger charge is -2.08. The minimum Gasteiger partial charge on any atom is -0.506 e. The maximum absolute atomic E-state index is 12.2. The van der Waals surface area contributed by atoms with Gasteiger partial charge in [-0.1, -0.05) is 6.07 Å². The predicted molar refractivity (Wildman–Crippen MR) is 76.9 cm³/mol. The van der Waals surface area contributed by atoms with Crippen LogP contribution in [-0.4, -0.2) is 21.2 Å². The lowest BCUT2D eigenvalue weighted by atomic mass is 10.1. The lowest BCUT2D eigenvalue weighted by molar-refractivity contribution is 0.102. The number of amides is 1. The Morgan fingerprint density at radius 3 is 2.95 bits per heavy atom. The molecule has 1 aromatic heterocycles. The third-order valence-corrected chi connectivity index (χ3v) is 3.10. The van der Waals surface area contributed by atoms with Gasteiger partial charge >= 0.3 is 0 Å². The van der Waals surface area contributed by atoms with Gasteiger partial charge in [0.2, 0.25) is 0 Å². The molecule has 0 aliphatic rings. The molecule has 3 rings (SSSR count). The number of carbonyl (C=O) groups excluding carboxylic acids is 1. The maximum atomic E-state index is 12.2. The molecule has 0 radical (unpaired) electrons. The Kier molecular flexibility index (Phi) is 2.87.